The van der Waals surface area contributed by atoms with Crippen molar-refractivity contribution in [2.45, 2.75) is 38.5 Å². The van der Waals surface area contributed by atoms with E-state index < -0.39 is 0 Å². The molecule has 4 rings (SSSR count). The minimum absolute atomic E-state index is 0.0646. The third kappa shape index (κ3) is 3.28. The summed E-state index contributed by atoms with van der Waals surface area (Å²) in [4.78, 5) is 2.43. The molecule has 3 aliphatic rings. The Bertz CT molecular complexity index is 746. The summed E-state index contributed by atoms with van der Waals surface area (Å²) >= 11 is 0. The largest absolute Gasteiger partial charge is 0.466 e. The molecule has 1 N–H and O–H groups in total. The predicted molar refractivity (Wildman–Crippen MR) is 96.1 cm³/mol. The van der Waals surface area contributed by atoms with Crippen LogP contribution in [-0.2, 0) is 29.0 Å². The van der Waals surface area contributed by atoms with Crippen molar-refractivity contribution >= 4 is 0 Å². The molecule has 0 saturated carbocycles. The molecular formula is C21H23NO3. The van der Waals surface area contributed by atoms with Gasteiger partial charge in [0.05, 0.1) is 12.6 Å². The number of nitrogens with zero attached hydrogens (tertiary/aromatic N) is 1. The summed E-state index contributed by atoms with van der Waals surface area (Å²) < 4.78 is 11.2. The van der Waals surface area contributed by atoms with E-state index in [0.717, 1.165) is 43.7 Å². The number of aliphatic hydroxyl groups is 1. The second-order valence-corrected chi connectivity index (χ2v) is 6.59. The fourth-order valence-corrected chi connectivity index (χ4v) is 3.89. The van der Waals surface area contributed by atoms with Crippen molar-refractivity contribution < 1.29 is 14.6 Å². The van der Waals surface area contributed by atoms with Crippen molar-refractivity contribution in [3.63, 3.8) is 0 Å². The lowest BCUT2D eigenvalue weighted by molar-refractivity contribution is 0.148. The van der Waals surface area contributed by atoms with E-state index in [2.05, 4.69) is 29.2 Å². The fraction of sp³-hybridized carbons (Fsp3) is 0.333. The SMILES string of the molecule is OCc1cccc2c1CN(C(C1=CC=CCC1)C1=COC=CO1)CC2. The zero-order chi connectivity index (χ0) is 17.1. The van der Waals surface area contributed by atoms with Gasteiger partial charge in [0, 0.05) is 13.1 Å². The van der Waals surface area contributed by atoms with Gasteiger partial charge >= 0.3 is 0 Å². The van der Waals surface area contributed by atoms with Crippen molar-refractivity contribution in [3.05, 3.63) is 83.2 Å². The highest BCUT2D eigenvalue weighted by molar-refractivity contribution is 5.38. The highest BCUT2D eigenvalue weighted by Crippen LogP contribution is 2.32. The third-order valence-corrected chi connectivity index (χ3v) is 5.12. The van der Waals surface area contributed by atoms with E-state index in [0.29, 0.717) is 0 Å². The number of ether oxygens (including phenoxy) is 2. The Balaban J connectivity index is 1.67. The van der Waals surface area contributed by atoms with Crippen LogP contribution >= 0.6 is 0 Å². The van der Waals surface area contributed by atoms with Gasteiger partial charge in [0.25, 0.3) is 0 Å². The number of rotatable bonds is 4. The van der Waals surface area contributed by atoms with Gasteiger partial charge in [0.1, 0.15) is 18.8 Å². The molecule has 1 unspecified atom stereocenters. The second kappa shape index (κ2) is 7.30. The van der Waals surface area contributed by atoms with E-state index in [4.69, 9.17) is 9.47 Å². The van der Waals surface area contributed by atoms with Crippen LogP contribution < -0.4 is 0 Å². The van der Waals surface area contributed by atoms with Crippen LogP contribution in [0.15, 0.2) is 66.5 Å². The molecule has 0 radical (unpaired) electrons. The highest BCUT2D eigenvalue weighted by atomic mass is 16.5. The Labute approximate surface area is 148 Å². The maximum Gasteiger partial charge on any atom is 0.160 e. The van der Waals surface area contributed by atoms with Crippen LogP contribution in [-0.4, -0.2) is 22.6 Å². The van der Waals surface area contributed by atoms with Crippen LogP contribution in [0, 0.1) is 0 Å². The average Bonchev–Trinajstić information content (AvgIpc) is 2.69. The van der Waals surface area contributed by atoms with Crippen molar-refractivity contribution in [1.82, 2.24) is 4.90 Å². The number of allylic oxidation sites excluding steroid dienone is 3. The third-order valence-electron chi connectivity index (χ3n) is 5.12. The molecule has 0 bridgehead atoms. The van der Waals surface area contributed by atoms with Crippen LogP contribution in [0.4, 0.5) is 0 Å². The molecule has 4 heteroatoms. The molecule has 0 aromatic heterocycles. The van der Waals surface area contributed by atoms with Gasteiger partial charge in [0.15, 0.2) is 5.76 Å². The number of hydrogen-bond acceptors (Lipinski definition) is 4. The van der Waals surface area contributed by atoms with Gasteiger partial charge in [-0.3, -0.25) is 4.90 Å². The van der Waals surface area contributed by atoms with Gasteiger partial charge in [0.2, 0.25) is 0 Å². The van der Waals surface area contributed by atoms with Crippen LogP contribution in [0.25, 0.3) is 0 Å². The van der Waals surface area contributed by atoms with Gasteiger partial charge in [-0.25, -0.2) is 0 Å². The molecule has 2 aliphatic heterocycles. The lowest BCUT2D eigenvalue weighted by Gasteiger charge is -2.38. The molecule has 0 spiro atoms. The standard InChI is InChI=1S/C21H23NO3/c23-14-18-8-4-7-16-9-10-22(13-19(16)18)21(17-5-2-1-3-6-17)20-15-24-11-12-25-20/h1-2,4-5,7-8,11-12,15,21,23H,3,6,9-10,13-14H2. The molecule has 25 heavy (non-hydrogen) atoms. The lowest BCUT2D eigenvalue weighted by atomic mass is 9.90. The Morgan fingerprint density at radius 3 is 2.92 bits per heavy atom. The van der Waals surface area contributed by atoms with Crippen molar-refractivity contribution in [1.29, 1.82) is 0 Å². The molecule has 4 nitrogen and oxygen atoms in total. The van der Waals surface area contributed by atoms with Crippen molar-refractivity contribution in [2.75, 3.05) is 6.54 Å². The summed E-state index contributed by atoms with van der Waals surface area (Å²) in [6.45, 7) is 1.85. The molecular weight excluding hydrogens is 314 g/mol. The van der Waals surface area contributed by atoms with Crippen LogP contribution in [0.5, 0.6) is 0 Å². The summed E-state index contributed by atoms with van der Waals surface area (Å²) in [5.41, 5.74) is 4.96. The molecule has 2 heterocycles. The first kappa shape index (κ1) is 16.2. The van der Waals surface area contributed by atoms with E-state index in [1.54, 1.807) is 18.8 Å². The van der Waals surface area contributed by atoms with Crippen molar-refractivity contribution in [3.8, 4) is 0 Å². The zero-order valence-electron chi connectivity index (χ0n) is 14.2. The Hall–Kier alpha value is -2.30. The summed E-state index contributed by atoms with van der Waals surface area (Å²) in [7, 11) is 0. The lowest BCUT2D eigenvalue weighted by Crippen LogP contribution is -2.42. The number of fused-ring (bicyclic) bond motifs is 1. The zero-order valence-corrected chi connectivity index (χ0v) is 14.2. The highest BCUT2D eigenvalue weighted by Gasteiger charge is 2.32. The fourth-order valence-electron chi connectivity index (χ4n) is 3.89. The van der Waals surface area contributed by atoms with Gasteiger partial charge in [-0.1, -0.05) is 36.4 Å². The monoisotopic (exact) mass is 337 g/mol. The first-order valence-corrected chi connectivity index (χ1v) is 8.84. The molecule has 130 valence electrons. The van der Waals surface area contributed by atoms with Gasteiger partial charge in [-0.05, 0) is 41.5 Å². The van der Waals surface area contributed by atoms with E-state index >= 15 is 0 Å². The Kier molecular flexibility index (Phi) is 4.72. The minimum Gasteiger partial charge on any atom is -0.466 e. The molecule has 0 amide bonds. The van der Waals surface area contributed by atoms with E-state index in [9.17, 15) is 5.11 Å². The number of aliphatic hydroxyl groups excluding tert-OH is 1. The number of hydrogen-bond donors (Lipinski definition) is 1. The number of benzene rings is 1. The first-order valence-electron chi connectivity index (χ1n) is 8.84. The smallest absolute Gasteiger partial charge is 0.160 e. The predicted octanol–water partition coefficient (Wildman–Crippen LogP) is 3.54. The molecule has 1 aromatic carbocycles. The average molecular weight is 337 g/mol. The van der Waals surface area contributed by atoms with Crippen molar-refractivity contribution in [2.24, 2.45) is 0 Å². The minimum atomic E-state index is 0.0646. The molecule has 1 aliphatic carbocycles. The van der Waals surface area contributed by atoms with Crippen LogP contribution in [0.2, 0.25) is 0 Å². The molecule has 0 saturated heterocycles. The van der Waals surface area contributed by atoms with Gasteiger partial charge in [-0.2, -0.15) is 0 Å². The molecule has 0 fully saturated rings. The van der Waals surface area contributed by atoms with Crippen LogP contribution in [0.1, 0.15) is 29.5 Å². The normalized spacial score (nSPS) is 20.8. The summed E-state index contributed by atoms with van der Waals surface area (Å²) in [5, 5.41) is 9.71. The summed E-state index contributed by atoms with van der Waals surface area (Å²) in [6, 6.07) is 6.29. The van der Waals surface area contributed by atoms with E-state index in [1.807, 2.05) is 12.1 Å². The quantitative estimate of drug-likeness (QED) is 0.912. The molecule has 1 atom stereocenters. The Morgan fingerprint density at radius 1 is 1.20 bits per heavy atom. The van der Waals surface area contributed by atoms with E-state index in [1.165, 1.54) is 16.7 Å². The topological polar surface area (TPSA) is 41.9 Å². The summed E-state index contributed by atoms with van der Waals surface area (Å²) in [6.07, 6.45) is 14.4. The Morgan fingerprint density at radius 2 is 2.16 bits per heavy atom. The maximum absolute atomic E-state index is 9.71. The second-order valence-electron chi connectivity index (χ2n) is 6.59. The molecule has 1 aromatic rings. The summed E-state index contributed by atoms with van der Waals surface area (Å²) in [5.74, 6) is 0.828. The van der Waals surface area contributed by atoms with Gasteiger partial charge < -0.3 is 14.6 Å². The maximum atomic E-state index is 9.71. The first-order chi connectivity index (χ1) is 12.4. The van der Waals surface area contributed by atoms with E-state index in [-0.39, 0.29) is 12.6 Å². The van der Waals surface area contributed by atoms with Gasteiger partial charge in [-0.15, -0.1) is 0 Å². The van der Waals surface area contributed by atoms with Crippen LogP contribution in [0.3, 0.4) is 0 Å².